The summed E-state index contributed by atoms with van der Waals surface area (Å²) in [4.78, 5) is 11.5. The van der Waals surface area contributed by atoms with E-state index in [4.69, 9.17) is 0 Å². The fourth-order valence-electron chi connectivity index (χ4n) is 1.65. The molecule has 0 spiro atoms. The molecule has 0 bridgehead atoms. The fraction of sp³-hybridized carbons (Fsp3) is 0.118. The van der Waals surface area contributed by atoms with Gasteiger partial charge in [-0.3, -0.25) is 4.79 Å². The minimum atomic E-state index is -0.326. The van der Waals surface area contributed by atoms with Crippen LogP contribution in [-0.4, -0.2) is 5.78 Å². The number of Topliss-reactive ketones (excluding diaryl/α,β-unsaturated/α-hetero) is 1. The Kier molecular flexibility index (Phi) is 4.10. The molecular weight excluding hydrogens is 239 g/mol. The molecule has 0 saturated heterocycles. The first-order valence-electron chi connectivity index (χ1n) is 6.10. The lowest BCUT2D eigenvalue weighted by Gasteiger charge is -1.97. The van der Waals surface area contributed by atoms with E-state index in [0.717, 1.165) is 5.56 Å². The lowest BCUT2D eigenvalue weighted by Crippen LogP contribution is -1.95. The predicted molar refractivity (Wildman–Crippen MR) is 73.4 cm³/mol. The van der Waals surface area contributed by atoms with Crippen molar-refractivity contribution in [1.29, 1.82) is 0 Å². The third kappa shape index (κ3) is 3.29. The Morgan fingerprint density at radius 3 is 2.37 bits per heavy atom. The molecule has 1 nitrogen and oxygen atoms in total. The second kappa shape index (κ2) is 5.97. The van der Waals surface area contributed by atoms with Crippen molar-refractivity contribution in [3.63, 3.8) is 0 Å². The third-order valence-corrected chi connectivity index (χ3v) is 2.74. The van der Waals surface area contributed by atoms with E-state index in [2.05, 4.69) is 11.8 Å². The Hall–Kier alpha value is -2.40. The van der Waals surface area contributed by atoms with Gasteiger partial charge in [-0.25, -0.2) is 4.39 Å². The van der Waals surface area contributed by atoms with Gasteiger partial charge in [-0.15, -0.1) is 0 Å². The van der Waals surface area contributed by atoms with Gasteiger partial charge in [-0.2, -0.15) is 0 Å². The largest absolute Gasteiger partial charge is 0.294 e. The van der Waals surface area contributed by atoms with Gasteiger partial charge in [0.15, 0.2) is 5.78 Å². The average Bonchev–Trinajstić information content (AvgIpc) is 2.46. The van der Waals surface area contributed by atoms with Gasteiger partial charge in [0, 0.05) is 17.5 Å². The summed E-state index contributed by atoms with van der Waals surface area (Å²) < 4.78 is 13.4. The van der Waals surface area contributed by atoms with E-state index in [9.17, 15) is 9.18 Å². The Balaban J connectivity index is 2.22. The minimum Gasteiger partial charge on any atom is -0.294 e. The SMILES string of the molecule is CCC(=O)c1ccc(C#Cc2ccccc2F)cc1. The van der Waals surface area contributed by atoms with Crippen LogP contribution in [0.5, 0.6) is 0 Å². The van der Waals surface area contributed by atoms with Crippen LogP contribution in [0.25, 0.3) is 0 Å². The van der Waals surface area contributed by atoms with Crippen LogP contribution in [0, 0.1) is 17.7 Å². The van der Waals surface area contributed by atoms with Crippen LogP contribution in [0.2, 0.25) is 0 Å². The molecule has 19 heavy (non-hydrogen) atoms. The number of carbonyl (C=O) groups is 1. The van der Waals surface area contributed by atoms with Gasteiger partial charge in [0.25, 0.3) is 0 Å². The molecule has 0 unspecified atom stereocenters. The summed E-state index contributed by atoms with van der Waals surface area (Å²) in [6, 6.07) is 13.4. The maximum atomic E-state index is 13.4. The van der Waals surface area contributed by atoms with Crippen molar-refractivity contribution in [3.8, 4) is 11.8 Å². The van der Waals surface area contributed by atoms with Crippen LogP contribution >= 0.6 is 0 Å². The van der Waals surface area contributed by atoms with Gasteiger partial charge in [0.05, 0.1) is 5.56 Å². The van der Waals surface area contributed by atoms with Crippen LogP contribution in [0.4, 0.5) is 4.39 Å². The van der Waals surface area contributed by atoms with E-state index < -0.39 is 0 Å². The van der Waals surface area contributed by atoms with Crippen molar-refractivity contribution in [2.24, 2.45) is 0 Å². The molecule has 0 aliphatic carbocycles. The molecule has 2 aromatic rings. The molecule has 0 aliphatic rings. The standard InChI is InChI=1S/C17H13FO/c1-2-17(19)15-11-8-13(9-12-15)7-10-14-5-3-4-6-16(14)18/h3-6,8-9,11-12H,2H2,1H3. The Bertz CT molecular complexity index is 645. The van der Waals surface area contributed by atoms with E-state index in [1.807, 2.05) is 6.92 Å². The van der Waals surface area contributed by atoms with Crippen molar-refractivity contribution in [2.45, 2.75) is 13.3 Å². The molecule has 2 rings (SSSR count). The molecule has 0 fully saturated rings. The highest BCUT2D eigenvalue weighted by Gasteiger charge is 2.01. The van der Waals surface area contributed by atoms with Crippen molar-refractivity contribution >= 4 is 5.78 Å². The first-order chi connectivity index (χ1) is 9.20. The number of ketones is 1. The summed E-state index contributed by atoms with van der Waals surface area (Å²) in [6.45, 7) is 1.83. The van der Waals surface area contributed by atoms with Crippen molar-refractivity contribution in [2.75, 3.05) is 0 Å². The summed E-state index contributed by atoms with van der Waals surface area (Å²) >= 11 is 0. The molecule has 0 atom stereocenters. The lowest BCUT2D eigenvalue weighted by molar-refractivity contribution is 0.0988. The smallest absolute Gasteiger partial charge is 0.162 e. The van der Waals surface area contributed by atoms with E-state index in [1.54, 1.807) is 42.5 Å². The second-order valence-corrected chi connectivity index (χ2v) is 4.08. The van der Waals surface area contributed by atoms with Gasteiger partial charge in [-0.1, -0.05) is 43.0 Å². The number of carbonyl (C=O) groups excluding carboxylic acids is 1. The number of hydrogen-bond donors (Lipinski definition) is 0. The highest BCUT2D eigenvalue weighted by Crippen LogP contribution is 2.07. The molecule has 94 valence electrons. The molecule has 0 N–H and O–H groups in total. The van der Waals surface area contributed by atoms with E-state index >= 15 is 0 Å². The van der Waals surface area contributed by atoms with E-state index in [1.165, 1.54) is 6.07 Å². The highest BCUT2D eigenvalue weighted by atomic mass is 19.1. The quantitative estimate of drug-likeness (QED) is 0.586. The first-order valence-corrected chi connectivity index (χ1v) is 6.10. The van der Waals surface area contributed by atoms with Gasteiger partial charge >= 0.3 is 0 Å². The molecular formula is C17H13FO. The topological polar surface area (TPSA) is 17.1 Å². The minimum absolute atomic E-state index is 0.105. The average molecular weight is 252 g/mol. The zero-order valence-corrected chi connectivity index (χ0v) is 10.6. The monoisotopic (exact) mass is 252 g/mol. The fourth-order valence-corrected chi connectivity index (χ4v) is 1.65. The third-order valence-electron chi connectivity index (χ3n) is 2.74. The lowest BCUT2D eigenvalue weighted by atomic mass is 10.1. The predicted octanol–water partition coefficient (Wildman–Crippen LogP) is 3.82. The molecule has 2 aromatic carbocycles. The summed E-state index contributed by atoms with van der Waals surface area (Å²) in [7, 11) is 0. The molecule has 0 radical (unpaired) electrons. The van der Waals surface area contributed by atoms with Gasteiger partial charge in [0.1, 0.15) is 5.82 Å². The molecule has 0 heterocycles. The van der Waals surface area contributed by atoms with Crippen molar-refractivity contribution < 1.29 is 9.18 Å². The Morgan fingerprint density at radius 2 is 1.74 bits per heavy atom. The normalized spacial score (nSPS) is 9.58. The van der Waals surface area contributed by atoms with Crippen LogP contribution < -0.4 is 0 Å². The summed E-state index contributed by atoms with van der Waals surface area (Å²) in [6.07, 6.45) is 0.486. The Morgan fingerprint density at radius 1 is 1.05 bits per heavy atom. The number of benzene rings is 2. The van der Waals surface area contributed by atoms with E-state index in [0.29, 0.717) is 17.5 Å². The molecule has 2 heteroatoms. The Labute approximate surface area is 112 Å². The highest BCUT2D eigenvalue weighted by molar-refractivity contribution is 5.95. The second-order valence-electron chi connectivity index (χ2n) is 4.08. The molecule has 0 aliphatic heterocycles. The molecule has 0 aromatic heterocycles. The molecule has 0 saturated carbocycles. The van der Waals surface area contributed by atoms with Crippen LogP contribution in [0.1, 0.15) is 34.8 Å². The first kappa shape index (κ1) is 13.0. The molecule has 0 amide bonds. The van der Waals surface area contributed by atoms with Gasteiger partial charge < -0.3 is 0 Å². The van der Waals surface area contributed by atoms with Crippen molar-refractivity contribution in [3.05, 3.63) is 71.0 Å². The maximum Gasteiger partial charge on any atom is 0.162 e. The summed E-state index contributed by atoms with van der Waals surface area (Å²) in [5.74, 6) is 5.45. The summed E-state index contributed by atoms with van der Waals surface area (Å²) in [5, 5.41) is 0. The van der Waals surface area contributed by atoms with Gasteiger partial charge in [-0.05, 0) is 24.3 Å². The van der Waals surface area contributed by atoms with E-state index in [-0.39, 0.29) is 11.6 Å². The maximum absolute atomic E-state index is 13.4. The number of halogens is 1. The van der Waals surface area contributed by atoms with Crippen LogP contribution in [0.3, 0.4) is 0 Å². The number of rotatable bonds is 2. The van der Waals surface area contributed by atoms with Gasteiger partial charge in [0.2, 0.25) is 0 Å². The summed E-state index contributed by atoms with van der Waals surface area (Å²) in [5.41, 5.74) is 1.81. The van der Waals surface area contributed by atoms with Crippen molar-refractivity contribution in [1.82, 2.24) is 0 Å². The zero-order chi connectivity index (χ0) is 13.7. The zero-order valence-electron chi connectivity index (χ0n) is 10.6. The van der Waals surface area contributed by atoms with Crippen LogP contribution in [-0.2, 0) is 0 Å². The number of hydrogen-bond acceptors (Lipinski definition) is 1. The van der Waals surface area contributed by atoms with Crippen LogP contribution in [0.15, 0.2) is 48.5 Å².